The van der Waals surface area contributed by atoms with Crippen LogP contribution >= 0.6 is 0 Å². The highest BCUT2D eigenvalue weighted by atomic mass is 14.6. The molecular formula is C42H29N. The molecule has 8 rings (SSSR count). The Kier molecular flexibility index (Phi) is 6.09. The Morgan fingerprint density at radius 2 is 0.791 bits per heavy atom. The lowest BCUT2D eigenvalue weighted by molar-refractivity contribution is 1.33. The molecule has 0 unspecified atom stereocenters. The number of rotatable bonds is 4. The van der Waals surface area contributed by atoms with E-state index < -0.39 is 0 Å². The maximum absolute atomic E-state index is 4.25. The third-order valence-corrected chi connectivity index (χ3v) is 8.67. The topological polar surface area (TPSA) is 12.9 Å². The van der Waals surface area contributed by atoms with Crippen molar-refractivity contribution in [1.82, 2.24) is 4.98 Å². The van der Waals surface area contributed by atoms with Crippen molar-refractivity contribution in [1.29, 1.82) is 0 Å². The summed E-state index contributed by atoms with van der Waals surface area (Å²) < 4.78 is 0. The highest BCUT2D eigenvalue weighted by molar-refractivity contribution is 6.24. The van der Waals surface area contributed by atoms with Gasteiger partial charge in [0.15, 0.2) is 0 Å². The molecule has 1 heteroatoms. The number of hydrogen-bond donors (Lipinski definition) is 0. The number of hydrogen-bond acceptors (Lipinski definition) is 1. The molecule has 0 aliphatic carbocycles. The van der Waals surface area contributed by atoms with Gasteiger partial charge in [0.1, 0.15) is 0 Å². The minimum Gasteiger partial charge on any atom is -0.265 e. The van der Waals surface area contributed by atoms with Gasteiger partial charge in [0.05, 0.1) is 0 Å². The molecule has 1 aromatic heterocycles. The van der Waals surface area contributed by atoms with E-state index in [0.29, 0.717) is 0 Å². The third-order valence-electron chi connectivity index (χ3n) is 8.67. The van der Waals surface area contributed by atoms with Crippen molar-refractivity contribution >= 4 is 32.3 Å². The number of benzene rings is 7. The van der Waals surface area contributed by atoms with E-state index in [2.05, 4.69) is 158 Å². The lowest BCUT2D eigenvalue weighted by atomic mass is 9.83. The van der Waals surface area contributed by atoms with E-state index in [1.807, 2.05) is 12.4 Å². The lowest BCUT2D eigenvalue weighted by Gasteiger charge is -2.19. The highest BCUT2D eigenvalue weighted by Gasteiger charge is 2.19. The molecule has 0 saturated heterocycles. The van der Waals surface area contributed by atoms with Crippen molar-refractivity contribution in [2.75, 3.05) is 0 Å². The van der Waals surface area contributed by atoms with Crippen LogP contribution in [0.25, 0.3) is 76.8 Å². The molecule has 0 aliphatic heterocycles. The largest absolute Gasteiger partial charge is 0.265 e. The summed E-state index contributed by atoms with van der Waals surface area (Å²) in [5.41, 5.74) is 11.2. The van der Waals surface area contributed by atoms with Crippen LogP contribution in [0.15, 0.2) is 158 Å². The predicted octanol–water partition coefficient (Wildman–Crippen LogP) is 11.5. The summed E-state index contributed by atoms with van der Waals surface area (Å²) in [5, 5.41) is 7.59. The van der Waals surface area contributed by atoms with Gasteiger partial charge in [0.25, 0.3) is 0 Å². The fraction of sp³-hybridized carbons (Fsp3) is 0.0238. The molecule has 0 bridgehead atoms. The Balaban J connectivity index is 1.44. The van der Waals surface area contributed by atoms with E-state index in [9.17, 15) is 0 Å². The summed E-state index contributed by atoms with van der Waals surface area (Å²) in [7, 11) is 0. The van der Waals surface area contributed by atoms with Crippen LogP contribution in [0.3, 0.4) is 0 Å². The van der Waals surface area contributed by atoms with E-state index in [4.69, 9.17) is 0 Å². The SMILES string of the molecule is Cc1ccc(-c2c3ccccc3c(-c3cccc4c(-c5ccccc5-c5ccncc5)cccc34)c3ccccc23)cc1. The van der Waals surface area contributed by atoms with Crippen molar-refractivity contribution in [2.45, 2.75) is 6.92 Å². The van der Waals surface area contributed by atoms with Gasteiger partial charge in [-0.15, -0.1) is 0 Å². The molecule has 1 heterocycles. The first kappa shape index (κ1) is 25.2. The maximum atomic E-state index is 4.25. The second-order valence-electron chi connectivity index (χ2n) is 11.2. The second kappa shape index (κ2) is 10.4. The molecule has 202 valence electrons. The summed E-state index contributed by atoms with van der Waals surface area (Å²) in [6.45, 7) is 2.15. The first-order chi connectivity index (χ1) is 21.3. The van der Waals surface area contributed by atoms with E-state index in [1.54, 1.807) is 0 Å². The number of nitrogens with zero attached hydrogens (tertiary/aromatic N) is 1. The predicted molar refractivity (Wildman–Crippen MR) is 183 cm³/mol. The molecule has 0 N–H and O–H groups in total. The minimum atomic E-state index is 1.17. The Labute approximate surface area is 251 Å². The molecule has 0 saturated carbocycles. The first-order valence-electron chi connectivity index (χ1n) is 14.8. The van der Waals surface area contributed by atoms with Gasteiger partial charge in [0, 0.05) is 12.4 Å². The molecule has 0 amide bonds. The van der Waals surface area contributed by atoms with Gasteiger partial charge in [-0.25, -0.2) is 0 Å². The standard InChI is InChI=1S/C42H29N/c1-28-20-22-30(23-21-28)41-37-12-4-6-14-39(37)42(40-15-7-5-13-38(40)41)36-19-9-17-34-33(16-8-18-35(34)36)32-11-3-2-10-31(32)29-24-26-43-27-25-29/h2-27H,1H3. The van der Waals surface area contributed by atoms with Crippen LogP contribution in [-0.4, -0.2) is 4.98 Å². The summed E-state index contributed by atoms with van der Waals surface area (Å²) in [6.07, 6.45) is 3.73. The molecule has 0 atom stereocenters. The van der Waals surface area contributed by atoms with Crippen LogP contribution in [0.1, 0.15) is 5.56 Å². The third kappa shape index (κ3) is 4.21. The Hall–Kier alpha value is -5.53. The fourth-order valence-electron chi connectivity index (χ4n) is 6.71. The zero-order chi connectivity index (χ0) is 28.8. The number of aryl methyl sites for hydroxylation is 1. The van der Waals surface area contributed by atoms with Crippen molar-refractivity contribution in [3.8, 4) is 44.5 Å². The van der Waals surface area contributed by atoms with E-state index in [0.717, 1.165) is 0 Å². The molecule has 0 fully saturated rings. The Morgan fingerprint density at radius 1 is 0.326 bits per heavy atom. The minimum absolute atomic E-state index is 1.17. The summed E-state index contributed by atoms with van der Waals surface area (Å²) in [6, 6.07) is 53.1. The first-order valence-corrected chi connectivity index (χ1v) is 14.8. The summed E-state index contributed by atoms with van der Waals surface area (Å²) in [5.74, 6) is 0. The number of pyridine rings is 1. The van der Waals surface area contributed by atoms with Crippen molar-refractivity contribution in [2.24, 2.45) is 0 Å². The van der Waals surface area contributed by atoms with Gasteiger partial charge < -0.3 is 0 Å². The number of fused-ring (bicyclic) bond motifs is 3. The Morgan fingerprint density at radius 3 is 1.42 bits per heavy atom. The quantitative estimate of drug-likeness (QED) is 0.200. The summed E-state index contributed by atoms with van der Waals surface area (Å²) >= 11 is 0. The van der Waals surface area contributed by atoms with Gasteiger partial charge >= 0.3 is 0 Å². The smallest absolute Gasteiger partial charge is 0.0273 e. The van der Waals surface area contributed by atoms with Crippen LogP contribution in [0.5, 0.6) is 0 Å². The average molecular weight is 548 g/mol. The van der Waals surface area contributed by atoms with E-state index in [1.165, 1.54) is 82.4 Å². The van der Waals surface area contributed by atoms with Crippen molar-refractivity contribution in [3.05, 3.63) is 164 Å². The molecular weight excluding hydrogens is 518 g/mol. The van der Waals surface area contributed by atoms with Crippen LogP contribution in [-0.2, 0) is 0 Å². The van der Waals surface area contributed by atoms with Crippen LogP contribution in [0.4, 0.5) is 0 Å². The van der Waals surface area contributed by atoms with Gasteiger partial charge in [-0.2, -0.15) is 0 Å². The number of aromatic nitrogens is 1. The molecule has 7 aromatic carbocycles. The zero-order valence-corrected chi connectivity index (χ0v) is 24.0. The molecule has 1 nitrogen and oxygen atoms in total. The van der Waals surface area contributed by atoms with Crippen LogP contribution in [0.2, 0.25) is 0 Å². The maximum Gasteiger partial charge on any atom is 0.0273 e. The normalized spacial score (nSPS) is 11.4. The average Bonchev–Trinajstić information content (AvgIpc) is 3.08. The fourth-order valence-corrected chi connectivity index (χ4v) is 6.71. The van der Waals surface area contributed by atoms with Crippen LogP contribution in [0, 0.1) is 6.92 Å². The Bertz CT molecular complexity index is 2220. The molecule has 0 spiro atoms. The zero-order valence-electron chi connectivity index (χ0n) is 24.0. The molecule has 0 radical (unpaired) electrons. The molecule has 8 aromatic rings. The van der Waals surface area contributed by atoms with Gasteiger partial charge in [0.2, 0.25) is 0 Å². The van der Waals surface area contributed by atoms with E-state index in [-0.39, 0.29) is 0 Å². The van der Waals surface area contributed by atoms with Gasteiger partial charge in [-0.05, 0) is 95.9 Å². The van der Waals surface area contributed by atoms with Crippen molar-refractivity contribution in [3.63, 3.8) is 0 Å². The highest BCUT2D eigenvalue weighted by Crippen LogP contribution is 2.46. The van der Waals surface area contributed by atoms with E-state index >= 15 is 0 Å². The molecule has 43 heavy (non-hydrogen) atoms. The second-order valence-corrected chi connectivity index (χ2v) is 11.2. The monoisotopic (exact) mass is 547 g/mol. The van der Waals surface area contributed by atoms with Crippen LogP contribution < -0.4 is 0 Å². The molecule has 0 aliphatic rings. The van der Waals surface area contributed by atoms with Gasteiger partial charge in [-0.1, -0.05) is 139 Å². The van der Waals surface area contributed by atoms with Gasteiger partial charge in [-0.3, -0.25) is 4.98 Å². The van der Waals surface area contributed by atoms with Crippen molar-refractivity contribution < 1.29 is 0 Å². The lowest BCUT2D eigenvalue weighted by Crippen LogP contribution is -1.92. The summed E-state index contributed by atoms with van der Waals surface area (Å²) in [4.78, 5) is 4.25.